The molecule has 1 saturated heterocycles. The van der Waals surface area contributed by atoms with Crippen LogP contribution in [0.1, 0.15) is 20.8 Å². The van der Waals surface area contributed by atoms with Gasteiger partial charge in [-0.05, 0) is 15.9 Å². The van der Waals surface area contributed by atoms with Crippen molar-refractivity contribution in [1.82, 2.24) is 0 Å². The SMILES string of the molecule is CC(=O)O[C@H]1[C@H](OC(C)=O)[C@@H](CO)O[C@@](O)(Br)[C@@H]1OC(C)=O. The van der Waals surface area contributed by atoms with Crippen LogP contribution >= 0.6 is 15.9 Å². The zero-order chi connectivity index (χ0) is 17.1. The first kappa shape index (κ1) is 18.8. The molecule has 2 N–H and O–H groups in total. The van der Waals surface area contributed by atoms with Crippen LogP contribution in [0.15, 0.2) is 0 Å². The largest absolute Gasteiger partial charge is 0.456 e. The third-order valence-electron chi connectivity index (χ3n) is 2.73. The molecule has 5 atom stereocenters. The number of carbonyl (C=O) groups is 3. The van der Waals surface area contributed by atoms with Crippen molar-refractivity contribution in [3.05, 3.63) is 0 Å². The molecule has 0 aliphatic carbocycles. The van der Waals surface area contributed by atoms with Gasteiger partial charge in [0.1, 0.15) is 6.10 Å². The predicted octanol–water partition coefficient (Wildman–Crippen LogP) is -0.786. The van der Waals surface area contributed by atoms with E-state index in [9.17, 15) is 24.6 Å². The van der Waals surface area contributed by atoms with Gasteiger partial charge < -0.3 is 29.2 Å². The van der Waals surface area contributed by atoms with Gasteiger partial charge in [-0.25, -0.2) is 0 Å². The number of carbonyl (C=O) groups excluding carboxylic acids is 3. The fraction of sp³-hybridized carbons (Fsp3) is 0.750. The van der Waals surface area contributed by atoms with E-state index in [1.54, 1.807) is 0 Å². The molecule has 10 heteroatoms. The summed E-state index contributed by atoms with van der Waals surface area (Å²) in [5.74, 6) is -2.28. The highest BCUT2D eigenvalue weighted by molar-refractivity contribution is 9.10. The molecule has 1 aliphatic rings. The van der Waals surface area contributed by atoms with Gasteiger partial charge in [-0.2, -0.15) is 0 Å². The molecule has 0 saturated carbocycles. The summed E-state index contributed by atoms with van der Waals surface area (Å²) < 4.78 is 17.8. The van der Waals surface area contributed by atoms with Gasteiger partial charge >= 0.3 is 17.9 Å². The highest BCUT2D eigenvalue weighted by Crippen LogP contribution is 2.37. The summed E-state index contributed by atoms with van der Waals surface area (Å²) in [6.45, 7) is 2.63. The Morgan fingerprint density at radius 1 is 1.05 bits per heavy atom. The molecule has 22 heavy (non-hydrogen) atoms. The number of halogens is 1. The Bertz CT molecular complexity index is 450. The van der Waals surface area contributed by atoms with Crippen LogP contribution in [0.3, 0.4) is 0 Å². The second-order valence-electron chi connectivity index (χ2n) is 4.63. The van der Waals surface area contributed by atoms with Crippen molar-refractivity contribution in [3.8, 4) is 0 Å². The number of aliphatic hydroxyl groups is 2. The Hall–Kier alpha value is -1.23. The van der Waals surface area contributed by atoms with Gasteiger partial charge in [-0.1, -0.05) is 0 Å². The number of alkyl halides is 1. The van der Waals surface area contributed by atoms with Crippen molar-refractivity contribution in [2.75, 3.05) is 6.61 Å². The summed E-state index contributed by atoms with van der Waals surface area (Å²) in [6.07, 6.45) is -5.36. The normalized spacial score (nSPS) is 34.6. The summed E-state index contributed by atoms with van der Waals surface area (Å²) in [4.78, 5) is 33.7. The molecule has 1 rings (SSSR count). The average molecular weight is 385 g/mol. The second-order valence-corrected chi connectivity index (χ2v) is 5.76. The van der Waals surface area contributed by atoms with Crippen molar-refractivity contribution in [2.24, 2.45) is 0 Å². The fourth-order valence-electron chi connectivity index (χ4n) is 2.05. The van der Waals surface area contributed by atoms with Crippen molar-refractivity contribution in [1.29, 1.82) is 0 Å². The predicted molar refractivity (Wildman–Crippen MR) is 72.5 cm³/mol. The van der Waals surface area contributed by atoms with Gasteiger partial charge in [0, 0.05) is 20.8 Å². The summed E-state index contributed by atoms with van der Waals surface area (Å²) in [7, 11) is 0. The zero-order valence-electron chi connectivity index (χ0n) is 12.1. The first-order chi connectivity index (χ1) is 10.1. The van der Waals surface area contributed by atoms with Gasteiger partial charge in [0.15, 0.2) is 12.2 Å². The lowest BCUT2D eigenvalue weighted by Gasteiger charge is -2.45. The fourth-order valence-corrected chi connectivity index (χ4v) is 2.64. The molecule has 126 valence electrons. The average Bonchev–Trinajstić information content (AvgIpc) is 2.35. The summed E-state index contributed by atoms with van der Waals surface area (Å²) >= 11 is 2.81. The Morgan fingerprint density at radius 3 is 1.91 bits per heavy atom. The molecule has 9 nitrogen and oxygen atoms in total. The number of ether oxygens (including phenoxy) is 4. The minimum atomic E-state index is -2.23. The van der Waals surface area contributed by atoms with E-state index in [2.05, 4.69) is 15.9 Å². The molecule has 0 aromatic heterocycles. The monoisotopic (exact) mass is 384 g/mol. The van der Waals surface area contributed by atoms with Crippen LogP contribution in [-0.4, -0.2) is 63.8 Å². The first-order valence-electron chi connectivity index (χ1n) is 6.30. The number of hydrogen-bond donors (Lipinski definition) is 2. The van der Waals surface area contributed by atoms with Crippen LogP contribution in [0.2, 0.25) is 0 Å². The van der Waals surface area contributed by atoms with Crippen LogP contribution in [0, 0.1) is 0 Å². The lowest BCUT2D eigenvalue weighted by atomic mass is 9.98. The molecule has 1 heterocycles. The Labute approximate surface area is 134 Å². The number of aliphatic hydroxyl groups excluding tert-OH is 1. The molecule has 0 aromatic rings. The van der Waals surface area contributed by atoms with Crippen molar-refractivity contribution >= 4 is 33.8 Å². The van der Waals surface area contributed by atoms with Crippen molar-refractivity contribution in [3.63, 3.8) is 0 Å². The lowest BCUT2D eigenvalue weighted by Crippen LogP contribution is -2.65. The highest BCUT2D eigenvalue weighted by Gasteiger charge is 2.58. The minimum Gasteiger partial charge on any atom is -0.456 e. The van der Waals surface area contributed by atoms with Crippen LogP contribution in [0.4, 0.5) is 0 Å². The molecule has 0 aromatic carbocycles. The van der Waals surface area contributed by atoms with E-state index < -0.39 is 53.6 Å². The third kappa shape index (κ3) is 4.63. The Balaban J connectivity index is 3.21. The number of rotatable bonds is 4. The second kappa shape index (κ2) is 7.36. The molecular weight excluding hydrogens is 368 g/mol. The van der Waals surface area contributed by atoms with E-state index in [1.807, 2.05) is 0 Å². The topological polar surface area (TPSA) is 129 Å². The molecule has 1 fully saturated rings. The van der Waals surface area contributed by atoms with E-state index in [0.717, 1.165) is 20.8 Å². The van der Waals surface area contributed by atoms with Crippen molar-refractivity contribution < 1.29 is 43.5 Å². The summed E-state index contributed by atoms with van der Waals surface area (Å²) in [6, 6.07) is 0. The molecule has 0 spiro atoms. The zero-order valence-corrected chi connectivity index (χ0v) is 13.7. The van der Waals surface area contributed by atoms with E-state index in [4.69, 9.17) is 18.9 Å². The van der Waals surface area contributed by atoms with E-state index >= 15 is 0 Å². The molecule has 1 aliphatic heterocycles. The van der Waals surface area contributed by atoms with Gasteiger partial charge in [0.05, 0.1) is 6.61 Å². The van der Waals surface area contributed by atoms with Crippen LogP contribution in [0.5, 0.6) is 0 Å². The molecule has 0 amide bonds. The number of hydrogen-bond acceptors (Lipinski definition) is 9. The molecular formula is C12H17BrO9. The Kier molecular flexibility index (Phi) is 6.29. The van der Waals surface area contributed by atoms with Gasteiger partial charge in [-0.3, -0.25) is 14.4 Å². The standard InChI is InChI=1S/C12H17BrO9/c1-5(15)19-9-8(4-14)22-12(13,18)11(21-7(3)17)10(9)20-6(2)16/h8-11,14,18H,4H2,1-3H3/t8-,9-,10+,11-,12-/m1/s1. The van der Waals surface area contributed by atoms with Crippen LogP contribution in [-0.2, 0) is 33.3 Å². The summed E-state index contributed by atoms with van der Waals surface area (Å²) in [5.41, 5.74) is 0. The Morgan fingerprint density at radius 2 is 1.50 bits per heavy atom. The van der Waals surface area contributed by atoms with E-state index in [0.29, 0.717) is 0 Å². The maximum atomic E-state index is 11.3. The molecule has 0 unspecified atom stereocenters. The third-order valence-corrected chi connectivity index (χ3v) is 3.37. The van der Waals surface area contributed by atoms with Crippen LogP contribution in [0.25, 0.3) is 0 Å². The van der Waals surface area contributed by atoms with Gasteiger partial charge in [0.25, 0.3) is 4.70 Å². The first-order valence-corrected chi connectivity index (χ1v) is 7.09. The lowest BCUT2D eigenvalue weighted by molar-refractivity contribution is -0.308. The van der Waals surface area contributed by atoms with E-state index in [-0.39, 0.29) is 0 Å². The molecule has 0 radical (unpaired) electrons. The highest BCUT2D eigenvalue weighted by atomic mass is 79.9. The van der Waals surface area contributed by atoms with E-state index in [1.165, 1.54) is 0 Å². The quantitative estimate of drug-likeness (QED) is 0.364. The number of esters is 3. The maximum absolute atomic E-state index is 11.3. The van der Waals surface area contributed by atoms with Crippen molar-refractivity contribution in [2.45, 2.75) is 49.9 Å². The smallest absolute Gasteiger partial charge is 0.303 e. The van der Waals surface area contributed by atoms with Crippen LogP contribution < -0.4 is 0 Å². The minimum absolute atomic E-state index is 0.642. The van der Waals surface area contributed by atoms with Gasteiger partial charge in [0.2, 0.25) is 6.10 Å². The maximum Gasteiger partial charge on any atom is 0.303 e. The summed E-state index contributed by atoms with van der Waals surface area (Å²) in [5, 5.41) is 19.5. The van der Waals surface area contributed by atoms with Gasteiger partial charge in [-0.15, -0.1) is 0 Å². The molecule has 0 bridgehead atoms.